The lowest BCUT2D eigenvalue weighted by Crippen LogP contribution is -2.47. The molecular weight excluding hydrogens is 282 g/mol. The van der Waals surface area contributed by atoms with Crippen LogP contribution in [0.15, 0.2) is 18.2 Å². The van der Waals surface area contributed by atoms with Crippen LogP contribution >= 0.6 is 0 Å². The van der Waals surface area contributed by atoms with E-state index in [0.717, 1.165) is 32.7 Å². The third kappa shape index (κ3) is 4.61. The molecule has 3 N–H and O–H groups in total. The normalized spacial score (nSPS) is 16.6. The molecule has 1 aromatic carbocycles. The number of carbonyl (C=O) groups excluding carboxylic acids is 1. The summed E-state index contributed by atoms with van der Waals surface area (Å²) in [7, 11) is 0. The second-order valence-corrected chi connectivity index (χ2v) is 5.57. The number of primary amides is 1. The highest BCUT2D eigenvalue weighted by atomic mass is 16.5. The van der Waals surface area contributed by atoms with E-state index in [1.54, 1.807) is 6.07 Å². The molecule has 1 saturated heterocycles. The van der Waals surface area contributed by atoms with Crippen LogP contribution < -0.4 is 10.5 Å². The second kappa shape index (κ2) is 8.00. The van der Waals surface area contributed by atoms with E-state index in [2.05, 4.69) is 16.7 Å². The Bertz CT molecular complexity index is 499. The molecule has 0 spiro atoms. The van der Waals surface area contributed by atoms with Crippen molar-refractivity contribution < 1.29 is 14.6 Å². The van der Waals surface area contributed by atoms with Crippen molar-refractivity contribution in [2.75, 3.05) is 45.9 Å². The van der Waals surface area contributed by atoms with Crippen molar-refractivity contribution in [1.29, 1.82) is 0 Å². The second-order valence-electron chi connectivity index (χ2n) is 5.57. The van der Waals surface area contributed by atoms with Crippen molar-refractivity contribution in [3.8, 4) is 11.5 Å². The SMILES string of the molecule is CCCN1CCN(CCOc2ccc(O)c(C(N)=O)c2)CC1. The van der Waals surface area contributed by atoms with Crippen molar-refractivity contribution in [1.82, 2.24) is 9.80 Å². The van der Waals surface area contributed by atoms with Gasteiger partial charge in [0.1, 0.15) is 18.1 Å². The monoisotopic (exact) mass is 307 g/mol. The number of phenols is 1. The summed E-state index contributed by atoms with van der Waals surface area (Å²) < 4.78 is 5.65. The van der Waals surface area contributed by atoms with Crippen molar-refractivity contribution in [3.05, 3.63) is 23.8 Å². The van der Waals surface area contributed by atoms with E-state index in [-0.39, 0.29) is 11.3 Å². The molecule has 1 amide bonds. The number of aromatic hydroxyl groups is 1. The highest BCUT2D eigenvalue weighted by molar-refractivity contribution is 5.95. The van der Waals surface area contributed by atoms with E-state index >= 15 is 0 Å². The van der Waals surface area contributed by atoms with E-state index in [9.17, 15) is 9.90 Å². The smallest absolute Gasteiger partial charge is 0.252 e. The standard InChI is InChI=1S/C16H25N3O3/c1-2-5-18-6-8-19(9-7-18)10-11-22-13-3-4-15(20)14(12-13)16(17)21/h3-4,12,20H,2,5-11H2,1H3,(H2,17,21). The van der Waals surface area contributed by atoms with Gasteiger partial charge in [0.25, 0.3) is 5.91 Å². The third-order valence-electron chi connectivity index (χ3n) is 3.91. The zero-order valence-corrected chi connectivity index (χ0v) is 13.1. The molecule has 0 radical (unpaired) electrons. The van der Waals surface area contributed by atoms with Crippen LogP contribution in [0.4, 0.5) is 0 Å². The summed E-state index contributed by atoms with van der Waals surface area (Å²) in [6.07, 6.45) is 1.20. The number of nitrogens with zero attached hydrogens (tertiary/aromatic N) is 2. The Balaban J connectivity index is 1.75. The lowest BCUT2D eigenvalue weighted by molar-refractivity contribution is 0.0996. The summed E-state index contributed by atoms with van der Waals surface area (Å²) in [5, 5.41) is 9.53. The van der Waals surface area contributed by atoms with Gasteiger partial charge in [0.2, 0.25) is 0 Å². The minimum absolute atomic E-state index is 0.0886. The van der Waals surface area contributed by atoms with E-state index in [1.807, 2.05) is 0 Å². The Kier molecular flexibility index (Phi) is 6.03. The maximum Gasteiger partial charge on any atom is 0.252 e. The molecule has 0 aliphatic carbocycles. The van der Waals surface area contributed by atoms with Crippen LogP contribution in [0.25, 0.3) is 0 Å². The number of benzene rings is 1. The summed E-state index contributed by atoms with van der Waals surface area (Å²) in [6, 6.07) is 4.55. The molecule has 1 aliphatic heterocycles. The fourth-order valence-electron chi connectivity index (χ4n) is 2.65. The van der Waals surface area contributed by atoms with Gasteiger partial charge in [0.05, 0.1) is 5.56 Å². The Morgan fingerprint density at radius 1 is 1.23 bits per heavy atom. The minimum atomic E-state index is -0.657. The summed E-state index contributed by atoms with van der Waals surface area (Å²) in [4.78, 5) is 16.0. The van der Waals surface area contributed by atoms with Crippen LogP contribution in [0.3, 0.4) is 0 Å². The lowest BCUT2D eigenvalue weighted by Gasteiger charge is -2.34. The minimum Gasteiger partial charge on any atom is -0.507 e. The van der Waals surface area contributed by atoms with Crippen LogP contribution in [0.5, 0.6) is 11.5 Å². The maximum absolute atomic E-state index is 11.2. The summed E-state index contributed by atoms with van der Waals surface area (Å²) in [6.45, 7) is 9.13. The molecule has 0 bridgehead atoms. The molecular formula is C16H25N3O3. The average Bonchev–Trinajstić information content (AvgIpc) is 2.51. The fourth-order valence-corrected chi connectivity index (χ4v) is 2.65. The summed E-state index contributed by atoms with van der Waals surface area (Å²) >= 11 is 0. The van der Waals surface area contributed by atoms with Gasteiger partial charge in [-0.05, 0) is 31.2 Å². The molecule has 2 rings (SSSR count). The van der Waals surface area contributed by atoms with Gasteiger partial charge in [-0.3, -0.25) is 9.69 Å². The maximum atomic E-state index is 11.2. The first-order valence-corrected chi connectivity index (χ1v) is 7.80. The third-order valence-corrected chi connectivity index (χ3v) is 3.91. The van der Waals surface area contributed by atoms with Gasteiger partial charge in [0.15, 0.2) is 0 Å². The summed E-state index contributed by atoms with van der Waals surface area (Å²) in [5.74, 6) is -0.224. The molecule has 6 heteroatoms. The van der Waals surface area contributed by atoms with Gasteiger partial charge < -0.3 is 20.5 Å². The number of piperazine rings is 1. The van der Waals surface area contributed by atoms with E-state index in [0.29, 0.717) is 12.4 Å². The number of amides is 1. The Labute approximate surface area is 131 Å². The largest absolute Gasteiger partial charge is 0.507 e. The van der Waals surface area contributed by atoms with Gasteiger partial charge in [-0.2, -0.15) is 0 Å². The molecule has 22 heavy (non-hydrogen) atoms. The number of hydrogen-bond acceptors (Lipinski definition) is 5. The van der Waals surface area contributed by atoms with Crippen LogP contribution in [0.2, 0.25) is 0 Å². The molecule has 122 valence electrons. The molecule has 6 nitrogen and oxygen atoms in total. The highest BCUT2D eigenvalue weighted by Crippen LogP contribution is 2.22. The van der Waals surface area contributed by atoms with Gasteiger partial charge in [0, 0.05) is 32.7 Å². The lowest BCUT2D eigenvalue weighted by atomic mass is 10.2. The number of hydrogen-bond donors (Lipinski definition) is 2. The fraction of sp³-hybridized carbons (Fsp3) is 0.562. The number of rotatable bonds is 7. The van der Waals surface area contributed by atoms with Crippen LogP contribution in [0, 0.1) is 0 Å². The van der Waals surface area contributed by atoms with Crippen LogP contribution in [-0.2, 0) is 0 Å². The Morgan fingerprint density at radius 2 is 1.86 bits per heavy atom. The molecule has 1 fully saturated rings. The first-order valence-electron chi connectivity index (χ1n) is 7.80. The molecule has 0 saturated carbocycles. The Morgan fingerprint density at radius 3 is 2.45 bits per heavy atom. The first-order chi connectivity index (χ1) is 10.6. The van der Waals surface area contributed by atoms with Gasteiger partial charge in [-0.25, -0.2) is 0 Å². The number of carbonyl (C=O) groups is 1. The van der Waals surface area contributed by atoms with Crippen molar-refractivity contribution in [3.63, 3.8) is 0 Å². The topological polar surface area (TPSA) is 79.0 Å². The van der Waals surface area contributed by atoms with Crippen LogP contribution in [-0.4, -0.2) is 66.7 Å². The van der Waals surface area contributed by atoms with Gasteiger partial charge in [-0.15, -0.1) is 0 Å². The van der Waals surface area contributed by atoms with Crippen molar-refractivity contribution in [2.45, 2.75) is 13.3 Å². The zero-order valence-electron chi connectivity index (χ0n) is 13.1. The molecule has 0 atom stereocenters. The average molecular weight is 307 g/mol. The molecule has 1 heterocycles. The highest BCUT2D eigenvalue weighted by Gasteiger charge is 2.16. The molecule has 0 unspecified atom stereocenters. The number of ether oxygens (including phenoxy) is 1. The summed E-state index contributed by atoms with van der Waals surface area (Å²) in [5.41, 5.74) is 5.29. The van der Waals surface area contributed by atoms with E-state index in [1.165, 1.54) is 25.1 Å². The van der Waals surface area contributed by atoms with Gasteiger partial charge >= 0.3 is 0 Å². The van der Waals surface area contributed by atoms with Crippen molar-refractivity contribution >= 4 is 5.91 Å². The zero-order chi connectivity index (χ0) is 15.9. The van der Waals surface area contributed by atoms with Crippen LogP contribution in [0.1, 0.15) is 23.7 Å². The predicted molar refractivity (Wildman–Crippen MR) is 85.3 cm³/mol. The quantitative estimate of drug-likeness (QED) is 0.782. The number of nitrogens with two attached hydrogens (primary N) is 1. The first kappa shape index (κ1) is 16.6. The predicted octanol–water partition coefficient (Wildman–Crippen LogP) is 0.898. The van der Waals surface area contributed by atoms with Gasteiger partial charge in [-0.1, -0.05) is 6.92 Å². The molecule has 1 aliphatic rings. The van der Waals surface area contributed by atoms with E-state index in [4.69, 9.17) is 10.5 Å². The van der Waals surface area contributed by atoms with E-state index < -0.39 is 5.91 Å². The Hall–Kier alpha value is -1.79. The molecule has 0 aromatic heterocycles. The van der Waals surface area contributed by atoms with Crippen molar-refractivity contribution in [2.24, 2.45) is 5.73 Å². The molecule has 1 aromatic rings.